The minimum absolute atomic E-state index is 0.00673. The highest BCUT2D eigenvalue weighted by Gasteiger charge is 2.23. The first kappa shape index (κ1) is 27.3. The number of likely N-dealkylation sites (N-methyl/N-ethyl adjacent to an activating group) is 1. The molecule has 2 aromatic rings. The molecule has 202 valence electrons. The van der Waals surface area contributed by atoms with Crippen LogP contribution in [-0.4, -0.2) is 96.9 Å². The van der Waals surface area contributed by atoms with Gasteiger partial charge in [-0.25, -0.2) is 9.97 Å². The van der Waals surface area contributed by atoms with Crippen LogP contribution in [0.2, 0.25) is 0 Å². The maximum Gasteiger partial charge on any atom is 0.237 e. The Balaban J connectivity index is 1.41. The number of aliphatic hydroxyl groups excluding tert-OH is 1. The van der Waals surface area contributed by atoms with Crippen LogP contribution in [0.15, 0.2) is 24.4 Å². The minimum atomic E-state index is -1.22. The van der Waals surface area contributed by atoms with Gasteiger partial charge < -0.3 is 30.3 Å². The van der Waals surface area contributed by atoms with Crippen LogP contribution in [-0.2, 0) is 16.1 Å². The molecule has 0 bridgehead atoms. The lowest BCUT2D eigenvalue weighted by Crippen LogP contribution is -2.48. The van der Waals surface area contributed by atoms with Crippen molar-refractivity contribution in [1.29, 1.82) is 5.26 Å². The third kappa shape index (κ3) is 6.74. The molecule has 0 aliphatic carbocycles. The summed E-state index contributed by atoms with van der Waals surface area (Å²) in [6.45, 7) is 4.15. The van der Waals surface area contributed by atoms with E-state index in [-0.39, 0.29) is 11.6 Å². The fraction of sp³-hybridized carbons (Fsp3) is 0.500. The lowest BCUT2D eigenvalue weighted by atomic mass is 10.0. The van der Waals surface area contributed by atoms with Gasteiger partial charge in [0.15, 0.2) is 6.29 Å². The second kappa shape index (κ2) is 12.6. The van der Waals surface area contributed by atoms with Crippen LogP contribution >= 0.6 is 0 Å². The molecule has 2 aromatic heterocycles. The fourth-order valence-electron chi connectivity index (χ4n) is 4.47. The van der Waals surface area contributed by atoms with E-state index >= 15 is 0 Å². The lowest BCUT2D eigenvalue weighted by Gasteiger charge is -2.32. The molecule has 1 amide bonds. The van der Waals surface area contributed by atoms with E-state index in [2.05, 4.69) is 26.7 Å². The number of aromatic nitrogens is 2. The molecular weight excluding hydrogens is 488 g/mol. The highest BCUT2D eigenvalue weighted by atomic mass is 16.5. The summed E-state index contributed by atoms with van der Waals surface area (Å²) < 4.78 is 5.53. The molecular formula is C26H34N8O4. The van der Waals surface area contributed by atoms with E-state index in [1.165, 1.54) is 11.1 Å². The lowest BCUT2D eigenvalue weighted by molar-refractivity contribution is -0.136. The number of amides is 1. The number of aldehydes is 1. The standard InChI is InChI=1S/C26H34N8O4/c1-32-7-8-34(25(36)15-32)14-19-5-6-24(30-22(19)16-35)33(2)26(37)31-23-10-21(20(11-27)13-29-23)28-12-18-4-3-9-38-17-18/h5-6,10,13,16,18,26,37H,3-4,7-9,12,14-15,17H2,1-2H3,(H2,28,29,31). The zero-order chi connectivity index (χ0) is 27.1. The first-order valence-corrected chi connectivity index (χ1v) is 12.7. The third-order valence-corrected chi connectivity index (χ3v) is 6.85. The summed E-state index contributed by atoms with van der Waals surface area (Å²) in [6.07, 6.45) is 2.98. The second-order valence-corrected chi connectivity index (χ2v) is 9.70. The largest absolute Gasteiger partial charge is 0.383 e. The van der Waals surface area contributed by atoms with Gasteiger partial charge in [0.1, 0.15) is 23.4 Å². The zero-order valence-electron chi connectivity index (χ0n) is 21.8. The van der Waals surface area contributed by atoms with Crippen LogP contribution in [0.5, 0.6) is 0 Å². The number of hydrogen-bond donors (Lipinski definition) is 3. The topological polar surface area (TPSA) is 147 Å². The maximum absolute atomic E-state index is 12.3. The van der Waals surface area contributed by atoms with Gasteiger partial charge in [0.25, 0.3) is 0 Å². The molecule has 38 heavy (non-hydrogen) atoms. The smallest absolute Gasteiger partial charge is 0.237 e. The van der Waals surface area contributed by atoms with Gasteiger partial charge in [0, 0.05) is 57.7 Å². The van der Waals surface area contributed by atoms with Gasteiger partial charge >= 0.3 is 0 Å². The van der Waals surface area contributed by atoms with Gasteiger partial charge in [-0.1, -0.05) is 6.07 Å². The van der Waals surface area contributed by atoms with Crippen LogP contribution in [0.3, 0.4) is 0 Å². The summed E-state index contributed by atoms with van der Waals surface area (Å²) in [4.78, 5) is 37.9. The summed E-state index contributed by atoms with van der Waals surface area (Å²) in [5, 5.41) is 26.5. The van der Waals surface area contributed by atoms with Crippen molar-refractivity contribution in [3.05, 3.63) is 41.2 Å². The molecule has 12 heteroatoms. The van der Waals surface area contributed by atoms with E-state index in [1.807, 2.05) is 11.9 Å². The van der Waals surface area contributed by atoms with E-state index < -0.39 is 6.35 Å². The van der Waals surface area contributed by atoms with Crippen molar-refractivity contribution < 1.29 is 19.4 Å². The Bertz CT molecular complexity index is 1180. The van der Waals surface area contributed by atoms with E-state index in [1.54, 1.807) is 30.1 Å². The van der Waals surface area contributed by atoms with Crippen LogP contribution in [0, 0.1) is 17.2 Å². The first-order valence-electron chi connectivity index (χ1n) is 12.7. The molecule has 2 saturated heterocycles. The normalized spacial score (nSPS) is 18.9. The number of carbonyl (C=O) groups is 2. The van der Waals surface area contributed by atoms with Crippen molar-refractivity contribution in [2.24, 2.45) is 5.92 Å². The Morgan fingerprint density at radius 2 is 2.24 bits per heavy atom. The van der Waals surface area contributed by atoms with Gasteiger partial charge in [-0.2, -0.15) is 5.26 Å². The van der Waals surface area contributed by atoms with Gasteiger partial charge in [-0.3, -0.25) is 14.5 Å². The molecule has 2 aliphatic heterocycles. The number of nitrogens with one attached hydrogen (secondary N) is 2. The average Bonchev–Trinajstić information content (AvgIpc) is 2.93. The number of piperazine rings is 1. The van der Waals surface area contributed by atoms with E-state index in [9.17, 15) is 20.0 Å². The molecule has 12 nitrogen and oxygen atoms in total. The molecule has 2 fully saturated rings. The SMILES string of the molecule is CN1CCN(Cc2ccc(N(C)C(O)Nc3cc(NCC4CCCOC4)c(C#N)cn3)nc2C=O)C(=O)C1. The van der Waals surface area contributed by atoms with Crippen molar-refractivity contribution in [3.8, 4) is 6.07 Å². The molecule has 0 radical (unpaired) electrons. The fourth-order valence-corrected chi connectivity index (χ4v) is 4.47. The Morgan fingerprint density at radius 1 is 1.39 bits per heavy atom. The van der Waals surface area contributed by atoms with Crippen molar-refractivity contribution >= 4 is 29.5 Å². The average molecular weight is 523 g/mol. The monoisotopic (exact) mass is 522 g/mol. The number of ether oxygens (including phenoxy) is 1. The minimum Gasteiger partial charge on any atom is -0.383 e. The van der Waals surface area contributed by atoms with Gasteiger partial charge in [0.05, 0.1) is 24.4 Å². The quantitative estimate of drug-likeness (QED) is 0.304. The van der Waals surface area contributed by atoms with Crippen LogP contribution in [0.25, 0.3) is 0 Å². The molecule has 2 unspecified atom stereocenters. The van der Waals surface area contributed by atoms with Gasteiger partial charge in [0.2, 0.25) is 12.3 Å². The molecule has 0 spiro atoms. The predicted molar refractivity (Wildman–Crippen MR) is 142 cm³/mol. The van der Waals surface area contributed by atoms with Crippen molar-refractivity contribution in [2.75, 3.05) is 69.0 Å². The maximum atomic E-state index is 12.3. The number of anilines is 3. The summed E-state index contributed by atoms with van der Waals surface area (Å²) in [6, 6.07) is 7.26. The summed E-state index contributed by atoms with van der Waals surface area (Å²) >= 11 is 0. The second-order valence-electron chi connectivity index (χ2n) is 9.70. The molecule has 2 aliphatic rings. The molecule has 4 rings (SSSR count). The van der Waals surface area contributed by atoms with Crippen molar-refractivity contribution in [2.45, 2.75) is 25.7 Å². The van der Waals surface area contributed by atoms with Crippen LogP contribution in [0.4, 0.5) is 17.3 Å². The Labute approximate surface area is 222 Å². The zero-order valence-corrected chi connectivity index (χ0v) is 21.8. The molecule has 3 N–H and O–H groups in total. The van der Waals surface area contributed by atoms with Crippen LogP contribution < -0.4 is 15.5 Å². The summed E-state index contributed by atoms with van der Waals surface area (Å²) in [5.41, 5.74) is 1.88. The van der Waals surface area contributed by atoms with E-state index in [4.69, 9.17) is 4.74 Å². The van der Waals surface area contributed by atoms with E-state index in [0.29, 0.717) is 73.4 Å². The van der Waals surface area contributed by atoms with Crippen molar-refractivity contribution in [1.82, 2.24) is 19.8 Å². The molecule has 0 saturated carbocycles. The molecule has 2 atom stereocenters. The van der Waals surface area contributed by atoms with Crippen LogP contribution in [0.1, 0.15) is 34.5 Å². The van der Waals surface area contributed by atoms with Gasteiger partial charge in [-0.15, -0.1) is 0 Å². The summed E-state index contributed by atoms with van der Waals surface area (Å²) in [5.74, 6) is 1.11. The number of carbonyl (C=O) groups excluding carboxylic acids is 2. The van der Waals surface area contributed by atoms with Crippen molar-refractivity contribution in [3.63, 3.8) is 0 Å². The molecule has 0 aromatic carbocycles. The Hall–Kier alpha value is -3.79. The number of nitriles is 1. The highest BCUT2D eigenvalue weighted by Crippen LogP contribution is 2.22. The number of aliphatic hydroxyl groups is 1. The third-order valence-electron chi connectivity index (χ3n) is 6.85. The Morgan fingerprint density at radius 3 is 2.95 bits per heavy atom. The molecule has 4 heterocycles. The van der Waals surface area contributed by atoms with E-state index in [0.717, 1.165) is 26.0 Å². The van der Waals surface area contributed by atoms with Gasteiger partial charge in [-0.05, 0) is 31.9 Å². The number of nitrogens with zero attached hydrogens (tertiary/aromatic N) is 6. The first-order chi connectivity index (χ1) is 18.4. The highest BCUT2D eigenvalue weighted by molar-refractivity contribution is 5.80. The predicted octanol–water partition coefficient (Wildman–Crippen LogP) is 1.10. The number of hydrogen-bond acceptors (Lipinski definition) is 11. The summed E-state index contributed by atoms with van der Waals surface area (Å²) in [7, 11) is 3.53. The Kier molecular flexibility index (Phi) is 9.06. The number of pyridine rings is 2. The number of rotatable bonds is 10.